The van der Waals surface area contributed by atoms with E-state index >= 15 is 0 Å². The van der Waals surface area contributed by atoms with E-state index < -0.39 is 0 Å². The Morgan fingerprint density at radius 1 is 0.611 bits per heavy atom. The maximum atomic E-state index is 5.74. The van der Waals surface area contributed by atoms with Gasteiger partial charge in [0.25, 0.3) is 0 Å². The predicted molar refractivity (Wildman–Crippen MR) is 74.8 cm³/mol. The van der Waals surface area contributed by atoms with Gasteiger partial charge in [0.15, 0.2) is 0 Å². The van der Waals surface area contributed by atoms with Gasteiger partial charge in [-0.3, -0.25) is 0 Å². The number of unbranched alkanes of at least 4 members (excludes halogenated alkanes) is 5. The molecular formula is C16H30O2. The minimum absolute atomic E-state index is 0.532. The summed E-state index contributed by atoms with van der Waals surface area (Å²) in [5, 5.41) is 0. The van der Waals surface area contributed by atoms with Crippen LogP contribution in [0, 0.1) is 0 Å². The smallest absolute Gasteiger partial charge is 0.0867 e. The van der Waals surface area contributed by atoms with E-state index in [9.17, 15) is 0 Å². The molecule has 0 aromatic carbocycles. The first-order valence-corrected chi connectivity index (χ1v) is 8.16. The van der Waals surface area contributed by atoms with Gasteiger partial charge in [0.1, 0.15) is 0 Å². The second-order valence-corrected chi connectivity index (χ2v) is 6.01. The van der Waals surface area contributed by atoms with Gasteiger partial charge in [-0.1, -0.05) is 58.8 Å². The van der Waals surface area contributed by atoms with Crippen LogP contribution in [0.3, 0.4) is 0 Å². The highest BCUT2D eigenvalue weighted by atomic mass is 16.6. The van der Waals surface area contributed by atoms with Crippen LogP contribution in [-0.2, 0) is 9.47 Å². The predicted octanol–water partition coefficient (Wildman–Crippen LogP) is 4.46. The summed E-state index contributed by atoms with van der Waals surface area (Å²) in [5.41, 5.74) is 0. The first-order valence-electron chi connectivity index (χ1n) is 8.16. The maximum absolute atomic E-state index is 5.74. The molecular weight excluding hydrogens is 224 g/mol. The Morgan fingerprint density at radius 2 is 1.22 bits per heavy atom. The molecule has 2 nitrogen and oxygen atoms in total. The normalized spacial score (nSPS) is 33.7. The Labute approximate surface area is 112 Å². The summed E-state index contributed by atoms with van der Waals surface area (Å²) in [6, 6.07) is 0. The van der Waals surface area contributed by atoms with Crippen LogP contribution < -0.4 is 0 Å². The molecule has 0 radical (unpaired) electrons. The highest BCUT2D eigenvalue weighted by molar-refractivity contribution is 4.94. The van der Waals surface area contributed by atoms with E-state index in [1.807, 2.05) is 0 Å². The molecule has 2 saturated heterocycles. The second-order valence-electron chi connectivity index (χ2n) is 6.01. The van der Waals surface area contributed by atoms with Crippen LogP contribution in [0.4, 0.5) is 0 Å². The molecule has 0 aromatic rings. The highest BCUT2D eigenvalue weighted by Crippen LogP contribution is 2.38. The Morgan fingerprint density at radius 3 is 1.89 bits per heavy atom. The standard InChI is InChI=1S/C16H30O2/c1-3-5-6-7-8-9-11-14-16(18-14)12-15-13(17-15)10-4-2/h13-16H,3-12H2,1-2H3. The van der Waals surface area contributed by atoms with Crippen LogP contribution in [0.5, 0.6) is 0 Å². The molecule has 2 aliphatic rings. The molecule has 0 amide bonds. The molecule has 106 valence electrons. The van der Waals surface area contributed by atoms with Gasteiger partial charge in [0.05, 0.1) is 24.4 Å². The summed E-state index contributed by atoms with van der Waals surface area (Å²) in [6.45, 7) is 4.50. The fourth-order valence-corrected chi connectivity index (χ4v) is 2.92. The van der Waals surface area contributed by atoms with E-state index in [2.05, 4.69) is 13.8 Å². The monoisotopic (exact) mass is 254 g/mol. The number of ether oxygens (including phenoxy) is 2. The van der Waals surface area contributed by atoms with Crippen molar-refractivity contribution in [1.29, 1.82) is 0 Å². The van der Waals surface area contributed by atoms with Crippen LogP contribution >= 0.6 is 0 Å². The Balaban J connectivity index is 1.39. The summed E-state index contributed by atoms with van der Waals surface area (Å²) in [7, 11) is 0. The summed E-state index contributed by atoms with van der Waals surface area (Å²) in [4.78, 5) is 0. The van der Waals surface area contributed by atoms with Gasteiger partial charge in [0.2, 0.25) is 0 Å². The first-order chi connectivity index (χ1) is 8.85. The molecule has 18 heavy (non-hydrogen) atoms. The largest absolute Gasteiger partial charge is 0.369 e. The Hall–Kier alpha value is -0.0800. The molecule has 0 saturated carbocycles. The summed E-state index contributed by atoms with van der Waals surface area (Å²) < 4.78 is 11.4. The molecule has 2 heteroatoms. The van der Waals surface area contributed by atoms with Gasteiger partial charge in [0, 0.05) is 6.42 Å². The number of hydrogen-bond donors (Lipinski definition) is 0. The van der Waals surface area contributed by atoms with Crippen molar-refractivity contribution in [1.82, 2.24) is 0 Å². The molecule has 0 bridgehead atoms. The van der Waals surface area contributed by atoms with Gasteiger partial charge in [-0.25, -0.2) is 0 Å². The summed E-state index contributed by atoms with van der Waals surface area (Å²) in [5.74, 6) is 0. The lowest BCUT2D eigenvalue weighted by atomic mass is 10.0. The third kappa shape index (κ3) is 4.89. The minimum Gasteiger partial charge on any atom is -0.369 e. The highest BCUT2D eigenvalue weighted by Gasteiger charge is 2.47. The van der Waals surface area contributed by atoms with Crippen LogP contribution in [-0.4, -0.2) is 24.4 Å². The van der Waals surface area contributed by atoms with Crippen LogP contribution in [0.2, 0.25) is 0 Å². The van der Waals surface area contributed by atoms with E-state index in [-0.39, 0.29) is 0 Å². The van der Waals surface area contributed by atoms with Crippen molar-refractivity contribution >= 4 is 0 Å². The lowest BCUT2D eigenvalue weighted by molar-refractivity contribution is 0.318. The zero-order valence-electron chi connectivity index (χ0n) is 12.2. The topological polar surface area (TPSA) is 25.1 Å². The third-order valence-corrected chi connectivity index (χ3v) is 4.26. The third-order valence-electron chi connectivity index (χ3n) is 4.26. The molecule has 0 spiro atoms. The van der Waals surface area contributed by atoms with E-state index in [0.29, 0.717) is 24.4 Å². The van der Waals surface area contributed by atoms with Crippen LogP contribution in [0.1, 0.15) is 78.1 Å². The lowest BCUT2D eigenvalue weighted by Gasteiger charge is -1.98. The van der Waals surface area contributed by atoms with E-state index in [1.54, 1.807) is 0 Å². The van der Waals surface area contributed by atoms with E-state index in [4.69, 9.17) is 9.47 Å². The SMILES string of the molecule is CCCCCCCCC1OC1CC1OC1CCC. The number of rotatable bonds is 11. The molecule has 0 N–H and O–H groups in total. The zero-order valence-corrected chi connectivity index (χ0v) is 12.2. The van der Waals surface area contributed by atoms with Crippen molar-refractivity contribution < 1.29 is 9.47 Å². The molecule has 2 heterocycles. The molecule has 2 rings (SSSR count). The average molecular weight is 254 g/mol. The number of epoxide rings is 2. The van der Waals surface area contributed by atoms with E-state index in [1.165, 1.54) is 57.8 Å². The summed E-state index contributed by atoms with van der Waals surface area (Å²) in [6.07, 6.45) is 15.4. The fourth-order valence-electron chi connectivity index (χ4n) is 2.92. The van der Waals surface area contributed by atoms with Crippen molar-refractivity contribution in [2.45, 2.75) is 102 Å². The van der Waals surface area contributed by atoms with Gasteiger partial charge in [-0.2, -0.15) is 0 Å². The molecule has 0 aromatic heterocycles. The van der Waals surface area contributed by atoms with Gasteiger partial charge in [-0.05, 0) is 12.8 Å². The van der Waals surface area contributed by atoms with Crippen LogP contribution in [0.25, 0.3) is 0 Å². The zero-order chi connectivity index (χ0) is 12.8. The second kappa shape index (κ2) is 7.49. The Kier molecular flexibility index (Phi) is 5.97. The van der Waals surface area contributed by atoms with Crippen molar-refractivity contribution in [3.63, 3.8) is 0 Å². The number of hydrogen-bond acceptors (Lipinski definition) is 2. The molecule has 2 aliphatic heterocycles. The lowest BCUT2D eigenvalue weighted by Crippen LogP contribution is -2.01. The maximum Gasteiger partial charge on any atom is 0.0867 e. The first kappa shape index (κ1) is 14.3. The van der Waals surface area contributed by atoms with Crippen molar-refractivity contribution in [2.75, 3.05) is 0 Å². The van der Waals surface area contributed by atoms with Gasteiger partial charge >= 0.3 is 0 Å². The van der Waals surface area contributed by atoms with Crippen molar-refractivity contribution in [3.05, 3.63) is 0 Å². The fraction of sp³-hybridized carbons (Fsp3) is 1.00. The van der Waals surface area contributed by atoms with Crippen molar-refractivity contribution in [2.24, 2.45) is 0 Å². The summed E-state index contributed by atoms with van der Waals surface area (Å²) >= 11 is 0. The molecule has 0 aliphatic carbocycles. The van der Waals surface area contributed by atoms with Gasteiger partial charge < -0.3 is 9.47 Å². The quantitative estimate of drug-likeness (QED) is 0.401. The minimum atomic E-state index is 0.532. The molecule has 4 atom stereocenters. The average Bonchev–Trinajstić information content (AvgIpc) is 3.26. The molecule has 2 fully saturated rings. The van der Waals surface area contributed by atoms with Gasteiger partial charge in [-0.15, -0.1) is 0 Å². The van der Waals surface area contributed by atoms with E-state index in [0.717, 1.165) is 6.42 Å². The Bertz CT molecular complexity index is 229. The van der Waals surface area contributed by atoms with Crippen molar-refractivity contribution in [3.8, 4) is 0 Å². The van der Waals surface area contributed by atoms with Crippen LogP contribution in [0.15, 0.2) is 0 Å². The molecule has 4 unspecified atom stereocenters.